The maximum Gasteiger partial charge on any atom is 0.161 e. The molecule has 4 nitrogen and oxygen atoms in total. The molecule has 8 rings (SSSR count). The maximum absolute atomic E-state index is 4.98. The lowest BCUT2D eigenvalue weighted by atomic mass is 9.90. The summed E-state index contributed by atoms with van der Waals surface area (Å²) in [6, 6.07) is 61.0. The summed E-state index contributed by atoms with van der Waals surface area (Å²) in [5.41, 5.74) is 10.8. The van der Waals surface area contributed by atoms with Crippen LogP contribution in [-0.4, -0.2) is 23.4 Å². The van der Waals surface area contributed by atoms with Gasteiger partial charge in [-0.2, -0.15) is 0 Å². The van der Waals surface area contributed by atoms with Crippen LogP contribution in [0.1, 0.15) is 16.7 Å². The molecule has 0 saturated carbocycles. The van der Waals surface area contributed by atoms with Gasteiger partial charge >= 0.3 is 0 Å². The second kappa shape index (κ2) is 14.4. The fourth-order valence-corrected chi connectivity index (χ4v) is 6.51. The molecule has 0 atom stereocenters. The Kier molecular flexibility index (Phi) is 8.87. The van der Waals surface area contributed by atoms with Crippen molar-refractivity contribution in [3.8, 4) is 33.4 Å². The van der Waals surface area contributed by atoms with Crippen LogP contribution < -0.4 is 0 Å². The van der Waals surface area contributed by atoms with E-state index in [-0.39, 0.29) is 0 Å². The first kappa shape index (κ1) is 31.5. The van der Waals surface area contributed by atoms with E-state index in [1.54, 1.807) is 0 Å². The molecule has 0 bridgehead atoms. The number of aromatic nitrogens is 1. The third-order valence-electron chi connectivity index (χ3n) is 9.14. The summed E-state index contributed by atoms with van der Waals surface area (Å²) in [5, 5.41) is 3.54. The second-order valence-corrected chi connectivity index (χ2v) is 12.4. The first-order valence-corrected chi connectivity index (χ1v) is 17.0. The van der Waals surface area contributed by atoms with Crippen molar-refractivity contribution in [2.24, 2.45) is 15.0 Å². The maximum atomic E-state index is 4.98. The molecule has 0 N–H and O–H groups in total. The van der Waals surface area contributed by atoms with E-state index in [1.807, 2.05) is 60.8 Å². The van der Waals surface area contributed by atoms with Gasteiger partial charge in [-0.3, -0.25) is 9.98 Å². The highest BCUT2D eigenvalue weighted by Gasteiger charge is 2.13. The first-order chi connectivity index (χ1) is 25.2. The molecule has 0 radical (unpaired) electrons. The molecule has 1 aromatic heterocycles. The van der Waals surface area contributed by atoms with Gasteiger partial charge in [-0.25, -0.2) is 9.98 Å². The van der Waals surface area contributed by atoms with Crippen molar-refractivity contribution < 1.29 is 0 Å². The van der Waals surface area contributed by atoms with Gasteiger partial charge in [-0.1, -0.05) is 152 Å². The summed E-state index contributed by atoms with van der Waals surface area (Å²) >= 11 is 0. The number of amidine groups is 2. The quantitative estimate of drug-likeness (QED) is 0.125. The average Bonchev–Trinajstić information content (AvgIpc) is 3.21. The van der Waals surface area contributed by atoms with Crippen LogP contribution in [0.15, 0.2) is 197 Å². The molecule has 51 heavy (non-hydrogen) atoms. The van der Waals surface area contributed by atoms with Crippen LogP contribution in [0.5, 0.6) is 0 Å². The number of pyridine rings is 1. The average molecular weight is 655 g/mol. The largest absolute Gasteiger partial charge is 0.261 e. The minimum Gasteiger partial charge on any atom is -0.261 e. The summed E-state index contributed by atoms with van der Waals surface area (Å²) in [4.78, 5) is 18.8. The van der Waals surface area contributed by atoms with Crippen LogP contribution in [0.3, 0.4) is 0 Å². The third-order valence-corrected chi connectivity index (χ3v) is 9.14. The molecule has 1 heterocycles. The van der Waals surface area contributed by atoms with E-state index in [9.17, 15) is 0 Å². The lowest BCUT2D eigenvalue weighted by molar-refractivity contribution is 1.06. The fourth-order valence-electron chi connectivity index (χ4n) is 6.51. The van der Waals surface area contributed by atoms with Crippen molar-refractivity contribution in [2.45, 2.75) is 6.54 Å². The molecule has 0 aliphatic heterocycles. The zero-order chi connectivity index (χ0) is 34.4. The van der Waals surface area contributed by atoms with Crippen LogP contribution in [0.25, 0.3) is 55.1 Å². The molecule has 242 valence electrons. The number of benzene rings is 7. The summed E-state index contributed by atoms with van der Waals surface area (Å²) in [7, 11) is 0. The topological polar surface area (TPSA) is 50.0 Å². The summed E-state index contributed by atoms with van der Waals surface area (Å²) in [5.74, 6) is 1.14. The van der Waals surface area contributed by atoms with Crippen LogP contribution in [0.4, 0.5) is 0 Å². The van der Waals surface area contributed by atoms with Crippen molar-refractivity contribution in [2.75, 3.05) is 0 Å². The zero-order valence-corrected chi connectivity index (χ0v) is 28.0. The molecule has 7 aromatic carbocycles. The Morgan fingerprint density at radius 3 is 1.67 bits per heavy atom. The Morgan fingerprint density at radius 2 is 1.02 bits per heavy atom. The molecule has 4 heteroatoms. The van der Waals surface area contributed by atoms with E-state index in [4.69, 9.17) is 9.98 Å². The zero-order valence-electron chi connectivity index (χ0n) is 28.0. The fraction of sp³-hybridized carbons (Fsp3) is 0.0213. The standard InChI is InChI=1S/C47H34N4/c1-48-46(37-14-6-3-7-15-37)51-47(50-32-33-12-4-2-5-13-33)38-26-24-36(25-27-38)44-31-40-17-9-8-16-39(40)30-43(44)35-22-20-34(21-23-35)41-28-29-49-45-19-11-10-18-42(41)45/h2-31H,1,32H2. The van der Waals surface area contributed by atoms with E-state index in [0.29, 0.717) is 18.2 Å². The minimum atomic E-state index is 0.501. The highest BCUT2D eigenvalue weighted by atomic mass is 15.0. The number of aliphatic imine (C=N–C) groups is 3. The number of para-hydroxylation sites is 1. The second-order valence-electron chi connectivity index (χ2n) is 12.4. The molecule has 0 unspecified atom stereocenters. The van der Waals surface area contributed by atoms with Crippen molar-refractivity contribution in [3.05, 3.63) is 199 Å². The third kappa shape index (κ3) is 6.76. The van der Waals surface area contributed by atoms with Crippen LogP contribution in [0.2, 0.25) is 0 Å². The van der Waals surface area contributed by atoms with Gasteiger partial charge in [0.2, 0.25) is 0 Å². The molecule has 8 aromatic rings. The monoisotopic (exact) mass is 654 g/mol. The van der Waals surface area contributed by atoms with Crippen molar-refractivity contribution in [3.63, 3.8) is 0 Å². The van der Waals surface area contributed by atoms with E-state index in [1.165, 1.54) is 21.9 Å². The molecule has 0 amide bonds. The number of rotatable bonds is 7. The van der Waals surface area contributed by atoms with Crippen molar-refractivity contribution >= 4 is 40.1 Å². The number of hydrogen-bond donors (Lipinski definition) is 0. The molecule has 0 spiro atoms. The van der Waals surface area contributed by atoms with E-state index in [0.717, 1.165) is 49.8 Å². The Balaban J connectivity index is 1.19. The molecule has 0 fully saturated rings. The molecule has 0 saturated heterocycles. The molecular formula is C47H34N4. The van der Waals surface area contributed by atoms with Gasteiger partial charge in [0.05, 0.1) is 12.1 Å². The van der Waals surface area contributed by atoms with Crippen LogP contribution in [0, 0.1) is 0 Å². The van der Waals surface area contributed by atoms with E-state index < -0.39 is 0 Å². The first-order valence-electron chi connectivity index (χ1n) is 17.0. The van der Waals surface area contributed by atoms with Gasteiger partial charge < -0.3 is 0 Å². The predicted octanol–water partition coefficient (Wildman–Crippen LogP) is 11.5. The minimum absolute atomic E-state index is 0.501. The number of nitrogens with zero attached hydrogens (tertiary/aromatic N) is 4. The van der Waals surface area contributed by atoms with Gasteiger partial charge in [0.25, 0.3) is 0 Å². The van der Waals surface area contributed by atoms with Gasteiger partial charge in [-0.05, 0) is 80.7 Å². The van der Waals surface area contributed by atoms with Gasteiger partial charge in [-0.15, -0.1) is 0 Å². The predicted molar refractivity (Wildman–Crippen MR) is 215 cm³/mol. The normalized spacial score (nSPS) is 11.9. The van der Waals surface area contributed by atoms with Crippen LogP contribution in [-0.2, 0) is 6.54 Å². The number of fused-ring (bicyclic) bond motifs is 2. The summed E-state index contributed by atoms with van der Waals surface area (Å²) < 4.78 is 0. The highest BCUT2D eigenvalue weighted by Crippen LogP contribution is 2.37. The van der Waals surface area contributed by atoms with E-state index in [2.05, 4.69) is 138 Å². The molecular weight excluding hydrogens is 621 g/mol. The Labute approximate surface area is 297 Å². The Morgan fingerprint density at radius 1 is 0.490 bits per heavy atom. The number of hydrogen-bond acceptors (Lipinski definition) is 2. The van der Waals surface area contributed by atoms with Crippen molar-refractivity contribution in [1.29, 1.82) is 0 Å². The Hall–Kier alpha value is -6.78. The molecule has 0 aliphatic carbocycles. The lowest BCUT2D eigenvalue weighted by Crippen LogP contribution is -2.05. The Bertz CT molecular complexity index is 2530. The summed E-state index contributed by atoms with van der Waals surface area (Å²) in [6.07, 6.45) is 1.89. The van der Waals surface area contributed by atoms with Gasteiger partial charge in [0, 0.05) is 22.7 Å². The van der Waals surface area contributed by atoms with Crippen molar-refractivity contribution in [1.82, 2.24) is 4.98 Å². The van der Waals surface area contributed by atoms with Gasteiger partial charge in [0.1, 0.15) is 0 Å². The van der Waals surface area contributed by atoms with Gasteiger partial charge in [0.15, 0.2) is 11.7 Å². The van der Waals surface area contributed by atoms with E-state index >= 15 is 0 Å². The lowest BCUT2D eigenvalue weighted by Gasteiger charge is -2.14. The summed E-state index contributed by atoms with van der Waals surface area (Å²) in [6.45, 7) is 4.32. The highest BCUT2D eigenvalue weighted by molar-refractivity contribution is 6.13. The molecule has 0 aliphatic rings. The van der Waals surface area contributed by atoms with Crippen LogP contribution >= 0.6 is 0 Å². The SMILES string of the molecule is C=NC(=NC(=NCc1ccccc1)c1ccc(-c2cc3ccccc3cc2-c2ccc(-c3ccnc4ccccc34)cc2)cc1)c1ccccc1. The smallest absolute Gasteiger partial charge is 0.161 e.